The standard InChI is InChI=1S/C24H20ClN3O/c1-15-4-2-7-22(27-15)24-21-10-19-14-28(13-16-5-3-6-20(25)8-16)23(29)11-17(19)9-18(21)12-26-24/h2-10H,11-14H2,1H3. The molecule has 5 rings (SSSR count). The number of aromatic nitrogens is 1. The zero-order valence-electron chi connectivity index (χ0n) is 16.2. The Bertz CT molecular complexity index is 1170. The lowest BCUT2D eigenvalue weighted by Gasteiger charge is -2.29. The number of aliphatic imine (C=N–C) groups is 1. The minimum Gasteiger partial charge on any atom is -0.334 e. The summed E-state index contributed by atoms with van der Waals surface area (Å²) in [6.07, 6.45) is 0.432. The number of fused-ring (bicyclic) bond motifs is 2. The molecule has 0 N–H and O–H groups in total. The third kappa shape index (κ3) is 3.45. The predicted octanol–water partition coefficient (Wildman–Crippen LogP) is 4.48. The molecule has 2 aromatic carbocycles. The average Bonchev–Trinajstić information content (AvgIpc) is 3.10. The first kappa shape index (κ1) is 18.1. The molecule has 0 aliphatic carbocycles. The molecule has 0 saturated heterocycles. The highest BCUT2D eigenvalue weighted by molar-refractivity contribution is 6.30. The summed E-state index contributed by atoms with van der Waals surface area (Å²) in [4.78, 5) is 24.0. The Morgan fingerprint density at radius 2 is 1.90 bits per heavy atom. The smallest absolute Gasteiger partial charge is 0.227 e. The third-order valence-corrected chi connectivity index (χ3v) is 5.77. The maximum absolute atomic E-state index is 12.7. The molecule has 2 aliphatic rings. The molecule has 0 fully saturated rings. The quantitative estimate of drug-likeness (QED) is 0.649. The number of halogens is 1. The molecule has 0 atom stereocenters. The van der Waals surface area contributed by atoms with Crippen LogP contribution in [0.25, 0.3) is 0 Å². The summed E-state index contributed by atoms with van der Waals surface area (Å²) in [5.74, 6) is 0.150. The number of carbonyl (C=O) groups excluding carboxylic acids is 1. The largest absolute Gasteiger partial charge is 0.334 e. The highest BCUT2D eigenvalue weighted by Gasteiger charge is 2.27. The lowest BCUT2D eigenvalue weighted by atomic mass is 9.91. The van der Waals surface area contributed by atoms with Crippen LogP contribution in [0.2, 0.25) is 5.02 Å². The van der Waals surface area contributed by atoms with Crippen LogP contribution in [-0.4, -0.2) is 21.5 Å². The first-order valence-electron chi connectivity index (χ1n) is 9.72. The molecule has 3 heterocycles. The van der Waals surface area contributed by atoms with Crippen LogP contribution in [0.4, 0.5) is 0 Å². The van der Waals surface area contributed by atoms with Gasteiger partial charge in [0.1, 0.15) is 0 Å². The Morgan fingerprint density at radius 3 is 2.72 bits per heavy atom. The Morgan fingerprint density at radius 1 is 1.03 bits per heavy atom. The van der Waals surface area contributed by atoms with Crippen LogP contribution in [0.5, 0.6) is 0 Å². The normalized spacial score (nSPS) is 15.2. The molecule has 144 valence electrons. The molecule has 0 radical (unpaired) electrons. The number of amides is 1. The number of hydrogen-bond donors (Lipinski definition) is 0. The maximum Gasteiger partial charge on any atom is 0.227 e. The van der Waals surface area contributed by atoms with Crippen LogP contribution in [0.15, 0.2) is 59.6 Å². The summed E-state index contributed by atoms with van der Waals surface area (Å²) in [7, 11) is 0. The fourth-order valence-electron chi connectivity index (χ4n) is 4.12. The highest BCUT2D eigenvalue weighted by atomic mass is 35.5. The van der Waals surface area contributed by atoms with Gasteiger partial charge in [-0.2, -0.15) is 0 Å². The number of aryl methyl sites for hydroxylation is 1. The average molecular weight is 402 g/mol. The van der Waals surface area contributed by atoms with Crippen LogP contribution in [0, 0.1) is 6.92 Å². The van der Waals surface area contributed by atoms with E-state index in [0.717, 1.165) is 33.8 Å². The van der Waals surface area contributed by atoms with Gasteiger partial charge in [0.05, 0.1) is 24.4 Å². The van der Waals surface area contributed by atoms with E-state index < -0.39 is 0 Å². The van der Waals surface area contributed by atoms with E-state index >= 15 is 0 Å². The summed E-state index contributed by atoms with van der Waals surface area (Å²) in [5, 5.41) is 0.691. The van der Waals surface area contributed by atoms with E-state index in [0.29, 0.717) is 31.1 Å². The molecule has 0 saturated carbocycles. The van der Waals surface area contributed by atoms with Gasteiger partial charge in [-0.25, -0.2) is 0 Å². The van der Waals surface area contributed by atoms with Gasteiger partial charge < -0.3 is 4.90 Å². The highest BCUT2D eigenvalue weighted by Crippen LogP contribution is 2.30. The van der Waals surface area contributed by atoms with E-state index in [-0.39, 0.29) is 5.91 Å². The van der Waals surface area contributed by atoms with Gasteiger partial charge in [-0.1, -0.05) is 35.9 Å². The number of benzene rings is 2. The summed E-state index contributed by atoms with van der Waals surface area (Å²) >= 11 is 6.11. The molecule has 0 unspecified atom stereocenters. The second-order valence-electron chi connectivity index (χ2n) is 7.66. The number of carbonyl (C=O) groups is 1. The summed E-state index contributed by atoms with van der Waals surface area (Å²) in [5.41, 5.74) is 8.50. The van der Waals surface area contributed by atoms with Crippen molar-refractivity contribution in [3.05, 3.63) is 98.8 Å². The van der Waals surface area contributed by atoms with Crippen molar-refractivity contribution in [1.82, 2.24) is 9.88 Å². The first-order chi connectivity index (χ1) is 14.1. The van der Waals surface area contributed by atoms with Crippen molar-refractivity contribution < 1.29 is 4.79 Å². The van der Waals surface area contributed by atoms with Crippen LogP contribution in [0.3, 0.4) is 0 Å². The lowest BCUT2D eigenvalue weighted by Crippen LogP contribution is -2.35. The SMILES string of the molecule is Cc1cccc(C2=NCc3cc4c(cc32)CN(Cc2cccc(Cl)c2)C(=O)C4)n1. The fraction of sp³-hybridized carbons (Fsp3) is 0.208. The molecule has 1 amide bonds. The van der Waals surface area contributed by atoms with Gasteiger partial charge in [0.25, 0.3) is 0 Å². The summed E-state index contributed by atoms with van der Waals surface area (Å²) in [6.45, 7) is 3.80. The Kier molecular flexibility index (Phi) is 4.44. The van der Waals surface area contributed by atoms with Crippen molar-refractivity contribution in [2.75, 3.05) is 0 Å². The zero-order chi connectivity index (χ0) is 20.0. The van der Waals surface area contributed by atoms with E-state index in [1.54, 1.807) is 0 Å². The predicted molar refractivity (Wildman–Crippen MR) is 114 cm³/mol. The minimum absolute atomic E-state index is 0.150. The molecular formula is C24H20ClN3O. The Balaban J connectivity index is 1.46. The summed E-state index contributed by atoms with van der Waals surface area (Å²) in [6, 6.07) is 18.1. The van der Waals surface area contributed by atoms with Crippen molar-refractivity contribution in [2.24, 2.45) is 4.99 Å². The van der Waals surface area contributed by atoms with E-state index in [1.165, 1.54) is 11.1 Å². The van der Waals surface area contributed by atoms with Gasteiger partial charge in [-0.3, -0.25) is 14.8 Å². The second kappa shape index (κ2) is 7.12. The molecule has 5 heteroatoms. The van der Waals surface area contributed by atoms with E-state index in [1.807, 2.05) is 54.3 Å². The molecule has 0 bridgehead atoms. The number of pyridine rings is 1. The van der Waals surface area contributed by atoms with Crippen molar-refractivity contribution in [3.63, 3.8) is 0 Å². The first-order valence-corrected chi connectivity index (χ1v) is 10.1. The van der Waals surface area contributed by atoms with Crippen LogP contribution >= 0.6 is 11.6 Å². The van der Waals surface area contributed by atoms with E-state index in [4.69, 9.17) is 16.6 Å². The number of rotatable bonds is 3. The molecular weight excluding hydrogens is 382 g/mol. The van der Waals surface area contributed by atoms with Crippen LogP contribution in [-0.2, 0) is 30.8 Å². The fourth-order valence-corrected chi connectivity index (χ4v) is 4.33. The van der Waals surface area contributed by atoms with Crippen LogP contribution in [0.1, 0.15) is 39.2 Å². The van der Waals surface area contributed by atoms with E-state index in [9.17, 15) is 4.79 Å². The number of nitrogens with zero attached hydrogens (tertiary/aromatic N) is 3. The molecule has 0 spiro atoms. The maximum atomic E-state index is 12.7. The minimum atomic E-state index is 0.150. The van der Waals surface area contributed by atoms with Crippen molar-refractivity contribution >= 4 is 23.2 Å². The lowest BCUT2D eigenvalue weighted by molar-refractivity contribution is -0.132. The Hall–Kier alpha value is -2.98. The molecule has 29 heavy (non-hydrogen) atoms. The monoisotopic (exact) mass is 401 g/mol. The Labute approximate surface area is 174 Å². The zero-order valence-corrected chi connectivity index (χ0v) is 16.9. The van der Waals surface area contributed by atoms with E-state index in [2.05, 4.69) is 17.1 Å². The van der Waals surface area contributed by atoms with Crippen molar-refractivity contribution in [1.29, 1.82) is 0 Å². The third-order valence-electron chi connectivity index (χ3n) is 5.54. The van der Waals surface area contributed by atoms with Gasteiger partial charge in [0, 0.05) is 29.4 Å². The van der Waals surface area contributed by atoms with Gasteiger partial charge in [0.2, 0.25) is 5.91 Å². The van der Waals surface area contributed by atoms with Crippen molar-refractivity contribution in [3.8, 4) is 0 Å². The molecule has 2 aliphatic heterocycles. The molecule has 3 aromatic rings. The van der Waals surface area contributed by atoms with Gasteiger partial charge in [0.15, 0.2) is 0 Å². The number of hydrogen-bond acceptors (Lipinski definition) is 3. The van der Waals surface area contributed by atoms with Gasteiger partial charge >= 0.3 is 0 Å². The van der Waals surface area contributed by atoms with Gasteiger partial charge in [-0.15, -0.1) is 0 Å². The topological polar surface area (TPSA) is 45.6 Å². The molecule has 1 aromatic heterocycles. The van der Waals surface area contributed by atoms with Crippen LogP contribution < -0.4 is 0 Å². The summed E-state index contributed by atoms with van der Waals surface area (Å²) < 4.78 is 0. The van der Waals surface area contributed by atoms with Gasteiger partial charge in [-0.05, 0) is 59.5 Å². The second-order valence-corrected chi connectivity index (χ2v) is 8.10. The van der Waals surface area contributed by atoms with Crippen molar-refractivity contribution in [2.45, 2.75) is 33.0 Å². The molecule has 4 nitrogen and oxygen atoms in total.